The van der Waals surface area contributed by atoms with Crippen molar-refractivity contribution in [3.63, 3.8) is 0 Å². The number of hydrogen-bond acceptors (Lipinski definition) is 3. The van der Waals surface area contributed by atoms with Crippen molar-refractivity contribution in [2.75, 3.05) is 19.3 Å². The van der Waals surface area contributed by atoms with Crippen LogP contribution in [0, 0.1) is 11.6 Å². The lowest BCUT2D eigenvalue weighted by molar-refractivity contribution is -0.132. The Morgan fingerprint density at radius 1 is 1.35 bits per heavy atom. The van der Waals surface area contributed by atoms with E-state index in [0.717, 1.165) is 25.0 Å². The van der Waals surface area contributed by atoms with Gasteiger partial charge in [0.05, 0.1) is 12.3 Å². The van der Waals surface area contributed by atoms with Gasteiger partial charge < -0.3 is 10.2 Å². The van der Waals surface area contributed by atoms with Crippen LogP contribution in [0.3, 0.4) is 0 Å². The molecule has 1 aromatic rings. The van der Waals surface area contributed by atoms with E-state index < -0.39 is 11.6 Å². The molecule has 2 amide bonds. The van der Waals surface area contributed by atoms with Gasteiger partial charge in [-0.1, -0.05) is 6.07 Å². The molecule has 1 fully saturated rings. The molecule has 1 N–H and O–H groups in total. The first-order chi connectivity index (χ1) is 10.9. The van der Waals surface area contributed by atoms with Crippen LogP contribution < -0.4 is 5.32 Å². The van der Waals surface area contributed by atoms with Gasteiger partial charge in [0.2, 0.25) is 11.8 Å². The van der Waals surface area contributed by atoms with Crippen molar-refractivity contribution in [1.82, 2.24) is 10.2 Å². The van der Waals surface area contributed by atoms with E-state index >= 15 is 0 Å². The average Bonchev–Trinajstić information content (AvgIpc) is 3.30. The minimum Gasteiger partial charge on any atom is -0.352 e. The molecule has 23 heavy (non-hydrogen) atoms. The molecule has 1 aliphatic carbocycles. The normalized spacial score (nSPS) is 15.1. The third-order valence-corrected chi connectivity index (χ3v) is 4.80. The monoisotopic (exact) mass is 342 g/mol. The Bertz CT molecular complexity index is 593. The van der Waals surface area contributed by atoms with Crippen molar-refractivity contribution < 1.29 is 18.4 Å². The molecule has 0 spiro atoms. The summed E-state index contributed by atoms with van der Waals surface area (Å²) < 4.78 is 26.1. The molecule has 1 unspecified atom stereocenters. The smallest absolute Gasteiger partial charge is 0.239 e. The lowest BCUT2D eigenvalue weighted by atomic mass is 10.1. The Morgan fingerprint density at radius 3 is 2.65 bits per heavy atom. The van der Waals surface area contributed by atoms with E-state index in [4.69, 9.17) is 0 Å². The van der Waals surface area contributed by atoms with E-state index in [-0.39, 0.29) is 35.4 Å². The van der Waals surface area contributed by atoms with Gasteiger partial charge in [0.25, 0.3) is 0 Å². The highest BCUT2D eigenvalue weighted by molar-refractivity contribution is 8.00. The van der Waals surface area contributed by atoms with E-state index in [1.807, 2.05) is 6.92 Å². The van der Waals surface area contributed by atoms with Crippen LogP contribution in [-0.4, -0.2) is 42.1 Å². The largest absolute Gasteiger partial charge is 0.352 e. The van der Waals surface area contributed by atoms with E-state index in [0.29, 0.717) is 5.56 Å². The second kappa shape index (κ2) is 7.77. The zero-order valence-electron chi connectivity index (χ0n) is 13.1. The molecule has 0 bridgehead atoms. The summed E-state index contributed by atoms with van der Waals surface area (Å²) >= 11 is 1.32. The summed E-state index contributed by atoms with van der Waals surface area (Å²) in [4.78, 5) is 25.1. The molecule has 0 saturated heterocycles. The summed E-state index contributed by atoms with van der Waals surface area (Å²) in [5, 5.41) is 2.67. The third-order valence-electron chi connectivity index (χ3n) is 3.62. The van der Waals surface area contributed by atoms with Gasteiger partial charge in [0.15, 0.2) is 11.6 Å². The number of likely N-dealkylation sites (N-methyl/N-ethyl adjacent to an activating group) is 1. The highest BCUT2D eigenvalue weighted by atomic mass is 32.2. The number of carbonyl (C=O) groups is 2. The maximum Gasteiger partial charge on any atom is 0.239 e. The number of rotatable bonds is 7. The number of thioether (sulfide) groups is 1. The van der Waals surface area contributed by atoms with E-state index in [1.54, 1.807) is 7.05 Å². The second-order valence-corrected chi connectivity index (χ2v) is 7.05. The molecule has 4 nitrogen and oxygen atoms in total. The highest BCUT2D eigenvalue weighted by Gasteiger charge is 2.24. The zero-order chi connectivity index (χ0) is 17.0. The number of nitrogens with one attached hydrogen (secondary N) is 1. The van der Waals surface area contributed by atoms with Gasteiger partial charge >= 0.3 is 0 Å². The predicted octanol–water partition coefficient (Wildman–Crippen LogP) is 2.50. The maximum absolute atomic E-state index is 13.2. The molecule has 126 valence electrons. The van der Waals surface area contributed by atoms with Crippen molar-refractivity contribution in [3.05, 3.63) is 35.4 Å². The number of carbonyl (C=O) groups excluding carboxylic acids is 2. The van der Waals surface area contributed by atoms with Crippen molar-refractivity contribution in [2.24, 2.45) is 0 Å². The van der Waals surface area contributed by atoms with Crippen LogP contribution in [0.25, 0.3) is 0 Å². The molecule has 1 aromatic carbocycles. The van der Waals surface area contributed by atoms with Gasteiger partial charge in [-0.3, -0.25) is 9.59 Å². The SMILES string of the molecule is CC(SCC(=O)N(C)CC(=O)NC1CC1)c1ccc(F)c(F)c1. The molecule has 0 radical (unpaired) electrons. The van der Waals surface area contributed by atoms with Crippen LogP contribution in [-0.2, 0) is 9.59 Å². The van der Waals surface area contributed by atoms with Crippen LogP contribution in [0.15, 0.2) is 18.2 Å². The van der Waals surface area contributed by atoms with Gasteiger partial charge in [-0.05, 0) is 37.5 Å². The zero-order valence-corrected chi connectivity index (χ0v) is 14.0. The fraction of sp³-hybridized carbons (Fsp3) is 0.500. The summed E-state index contributed by atoms with van der Waals surface area (Å²) in [5.41, 5.74) is 0.621. The summed E-state index contributed by atoms with van der Waals surface area (Å²) in [7, 11) is 1.58. The molecule has 0 aromatic heterocycles. The number of hydrogen-bond donors (Lipinski definition) is 1. The minimum atomic E-state index is -0.893. The molecule has 1 aliphatic rings. The maximum atomic E-state index is 13.2. The van der Waals surface area contributed by atoms with Crippen LogP contribution in [0.4, 0.5) is 8.78 Å². The molecule has 1 atom stereocenters. The topological polar surface area (TPSA) is 49.4 Å². The standard InChI is InChI=1S/C16H20F2N2O2S/c1-10(11-3-6-13(17)14(18)7-11)23-9-16(22)20(2)8-15(21)19-12-4-5-12/h3,6-7,10,12H,4-5,8-9H2,1-2H3,(H,19,21). The summed E-state index contributed by atoms with van der Waals surface area (Å²) in [6.45, 7) is 1.86. The lowest BCUT2D eigenvalue weighted by Gasteiger charge is -2.18. The van der Waals surface area contributed by atoms with Gasteiger partial charge in [-0.2, -0.15) is 0 Å². The number of amides is 2. The molecule has 1 saturated carbocycles. The first-order valence-electron chi connectivity index (χ1n) is 7.46. The molecule has 0 aliphatic heterocycles. The Kier molecular flexibility index (Phi) is 5.98. The Labute approximate surface area is 138 Å². The predicted molar refractivity (Wildman–Crippen MR) is 86.0 cm³/mol. The van der Waals surface area contributed by atoms with E-state index in [9.17, 15) is 18.4 Å². The van der Waals surface area contributed by atoms with Crippen molar-refractivity contribution in [3.8, 4) is 0 Å². The molecule has 0 heterocycles. The number of benzene rings is 1. The first kappa shape index (κ1) is 17.7. The molecule has 2 rings (SSSR count). The number of halogens is 2. The van der Waals surface area contributed by atoms with Crippen LogP contribution >= 0.6 is 11.8 Å². The Hall–Kier alpha value is -1.63. The van der Waals surface area contributed by atoms with Crippen LogP contribution in [0.5, 0.6) is 0 Å². The summed E-state index contributed by atoms with van der Waals surface area (Å²) in [5.74, 6) is -1.93. The van der Waals surface area contributed by atoms with Gasteiger partial charge in [-0.25, -0.2) is 8.78 Å². The third kappa shape index (κ3) is 5.49. The van der Waals surface area contributed by atoms with Crippen molar-refractivity contribution >= 4 is 23.6 Å². The second-order valence-electron chi connectivity index (χ2n) is 5.72. The van der Waals surface area contributed by atoms with Gasteiger partial charge in [0, 0.05) is 18.3 Å². The van der Waals surface area contributed by atoms with Crippen LogP contribution in [0.2, 0.25) is 0 Å². The highest BCUT2D eigenvalue weighted by Crippen LogP contribution is 2.29. The Balaban J connectivity index is 1.77. The number of nitrogens with zero attached hydrogens (tertiary/aromatic N) is 1. The lowest BCUT2D eigenvalue weighted by Crippen LogP contribution is -2.39. The van der Waals surface area contributed by atoms with E-state index in [2.05, 4.69) is 5.32 Å². The summed E-state index contributed by atoms with van der Waals surface area (Å²) in [6, 6.07) is 4.00. The van der Waals surface area contributed by atoms with Gasteiger partial charge in [-0.15, -0.1) is 11.8 Å². The fourth-order valence-corrected chi connectivity index (χ4v) is 2.92. The average molecular weight is 342 g/mol. The quantitative estimate of drug-likeness (QED) is 0.828. The minimum absolute atomic E-state index is 0.0372. The first-order valence-corrected chi connectivity index (χ1v) is 8.51. The Morgan fingerprint density at radius 2 is 2.04 bits per heavy atom. The van der Waals surface area contributed by atoms with Crippen LogP contribution in [0.1, 0.15) is 30.6 Å². The van der Waals surface area contributed by atoms with E-state index in [1.165, 1.54) is 22.7 Å². The van der Waals surface area contributed by atoms with Crippen molar-refractivity contribution in [1.29, 1.82) is 0 Å². The van der Waals surface area contributed by atoms with Crippen molar-refractivity contribution in [2.45, 2.75) is 31.1 Å². The van der Waals surface area contributed by atoms with Gasteiger partial charge in [0.1, 0.15) is 0 Å². The molecular weight excluding hydrogens is 322 g/mol. The summed E-state index contributed by atoms with van der Waals surface area (Å²) in [6.07, 6.45) is 2.01. The molecular formula is C16H20F2N2O2S. The fourth-order valence-electron chi connectivity index (χ4n) is 1.97. The molecule has 7 heteroatoms.